The molecule has 100 valence electrons. The monoisotopic (exact) mass is 283 g/mol. The fourth-order valence-corrected chi connectivity index (χ4v) is 1.53. The summed E-state index contributed by atoms with van der Waals surface area (Å²) < 4.78 is 57.1. The van der Waals surface area contributed by atoms with Crippen molar-refractivity contribution in [3.8, 4) is 0 Å². The molecule has 0 unspecified atom stereocenters. The minimum absolute atomic E-state index is 0.0100. The third kappa shape index (κ3) is 4.59. The number of rotatable bonds is 2. The predicted molar refractivity (Wildman–Crippen MR) is 56.0 cm³/mol. The van der Waals surface area contributed by atoms with Crippen LogP contribution in [0.2, 0.25) is 0 Å². The van der Waals surface area contributed by atoms with Crippen molar-refractivity contribution in [3.63, 3.8) is 0 Å². The van der Waals surface area contributed by atoms with Crippen molar-refractivity contribution >= 4 is 21.7 Å². The molecule has 0 bridgehead atoms. The summed E-state index contributed by atoms with van der Waals surface area (Å²) in [4.78, 5) is 10.6. The van der Waals surface area contributed by atoms with Crippen LogP contribution in [-0.2, 0) is 10.0 Å². The normalized spacial score (nSPS) is 12.0. The second kappa shape index (κ2) is 4.82. The summed E-state index contributed by atoms with van der Waals surface area (Å²) in [5.41, 5.74) is -0.0100. The number of amides is 2. The van der Waals surface area contributed by atoms with Gasteiger partial charge in [-0.1, -0.05) is 0 Å². The van der Waals surface area contributed by atoms with Crippen molar-refractivity contribution in [2.24, 2.45) is 5.14 Å². The lowest BCUT2D eigenvalue weighted by atomic mass is 10.3. The number of hydrogen-bond donors (Lipinski definition) is 3. The molecule has 1 rings (SSSR count). The van der Waals surface area contributed by atoms with E-state index in [0.29, 0.717) is 0 Å². The van der Waals surface area contributed by atoms with Crippen molar-refractivity contribution < 1.29 is 26.4 Å². The summed E-state index contributed by atoms with van der Waals surface area (Å²) >= 11 is 0. The summed E-state index contributed by atoms with van der Waals surface area (Å²) in [6.45, 7) is 0. The van der Waals surface area contributed by atoms with Crippen molar-refractivity contribution in [1.82, 2.24) is 5.32 Å². The van der Waals surface area contributed by atoms with Gasteiger partial charge in [0.15, 0.2) is 0 Å². The maximum Gasteiger partial charge on any atom is 0.485 e. The van der Waals surface area contributed by atoms with Crippen LogP contribution in [0.25, 0.3) is 0 Å². The molecule has 0 heterocycles. The molecule has 1 aromatic carbocycles. The van der Waals surface area contributed by atoms with Crippen LogP contribution in [0.1, 0.15) is 0 Å². The molecular weight excluding hydrogens is 275 g/mol. The molecule has 0 radical (unpaired) electrons. The third-order valence-electron chi connectivity index (χ3n) is 1.70. The van der Waals surface area contributed by atoms with Gasteiger partial charge in [-0.2, -0.15) is 13.2 Å². The number of urea groups is 1. The van der Waals surface area contributed by atoms with Gasteiger partial charge in [-0.05, 0) is 24.3 Å². The van der Waals surface area contributed by atoms with Gasteiger partial charge in [-0.3, -0.25) is 0 Å². The highest BCUT2D eigenvalue weighted by atomic mass is 32.2. The molecule has 0 saturated heterocycles. The van der Waals surface area contributed by atoms with E-state index in [4.69, 9.17) is 5.14 Å². The topological polar surface area (TPSA) is 101 Å². The molecule has 0 aliphatic carbocycles. The summed E-state index contributed by atoms with van der Waals surface area (Å²) in [5, 5.41) is 7.41. The average Bonchev–Trinajstić information content (AvgIpc) is 2.13. The van der Waals surface area contributed by atoms with E-state index in [-0.39, 0.29) is 10.6 Å². The molecule has 0 fully saturated rings. The van der Waals surface area contributed by atoms with Crippen LogP contribution in [0.4, 0.5) is 23.7 Å². The SMILES string of the molecule is NS(=O)(=O)c1ccc(NC(=O)NC(F)(F)F)cc1. The zero-order valence-electron chi connectivity index (χ0n) is 8.65. The number of hydrogen-bond acceptors (Lipinski definition) is 3. The highest BCUT2D eigenvalue weighted by Gasteiger charge is 2.29. The van der Waals surface area contributed by atoms with Crippen molar-refractivity contribution in [2.45, 2.75) is 11.2 Å². The number of nitrogens with two attached hydrogens (primary N) is 1. The number of nitrogens with one attached hydrogen (secondary N) is 2. The molecule has 1 aromatic rings. The molecule has 10 heteroatoms. The zero-order chi connectivity index (χ0) is 14.0. The molecule has 0 aromatic heterocycles. The van der Waals surface area contributed by atoms with E-state index >= 15 is 0 Å². The Bertz CT molecular complexity index is 539. The molecule has 6 nitrogen and oxygen atoms in total. The number of primary sulfonamides is 1. The summed E-state index contributed by atoms with van der Waals surface area (Å²) in [6.07, 6.45) is -4.84. The smallest absolute Gasteiger partial charge is 0.308 e. The Hall–Kier alpha value is -1.81. The standard InChI is InChI=1S/C8H8F3N3O3S/c9-8(10,11)14-7(15)13-5-1-3-6(4-2-5)18(12,16)17/h1-4H,(H2,12,16,17)(H2,13,14,15). The summed E-state index contributed by atoms with van der Waals surface area (Å²) in [6, 6.07) is 2.84. The van der Waals surface area contributed by atoms with E-state index in [1.165, 1.54) is 0 Å². The predicted octanol–water partition coefficient (Wildman–Crippen LogP) is 0.975. The number of sulfonamides is 1. The van der Waals surface area contributed by atoms with E-state index in [0.717, 1.165) is 29.6 Å². The first-order chi connectivity index (χ1) is 8.08. The van der Waals surface area contributed by atoms with Crippen LogP contribution in [0.15, 0.2) is 29.2 Å². The zero-order valence-corrected chi connectivity index (χ0v) is 9.47. The Kier molecular flexibility index (Phi) is 3.82. The second-order valence-electron chi connectivity index (χ2n) is 3.15. The Morgan fingerprint density at radius 2 is 1.67 bits per heavy atom. The van der Waals surface area contributed by atoms with Gasteiger partial charge in [0.05, 0.1) is 4.90 Å². The Morgan fingerprint density at radius 1 is 1.17 bits per heavy atom. The van der Waals surface area contributed by atoms with Gasteiger partial charge in [0, 0.05) is 5.69 Å². The Labute approximate surface area is 100 Å². The van der Waals surface area contributed by atoms with Gasteiger partial charge in [0.25, 0.3) is 0 Å². The van der Waals surface area contributed by atoms with Crippen LogP contribution in [0, 0.1) is 0 Å². The van der Waals surface area contributed by atoms with Gasteiger partial charge in [0.1, 0.15) is 0 Å². The minimum atomic E-state index is -4.84. The molecule has 0 saturated carbocycles. The lowest BCUT2D eigenvalue weighted by Gasteiger charge is -2.10. The highest BCUT2D eigenvalue weighted by molar-refractivity contribution is 7.89. The first kappa shape index (κ1) is 14.3. The quantitative estimate of drug-likeness (QED) is 0.705. The number of benzene rings is 1. The van der Waals surface area contributed by atoms with Gasteiger partial charge >= 0.3 is 12.3 Å². The van der Waals surface area contributed by atoms with Crippen LogP contribution in [0.5, 0.6) is 0 Å². The first-order valence-corrected chi connectivity index (χ1v) is 5.91. The van der Waals surface area contributed by atoms with Gasteiger partial charge < -0.3 is 5.32 Å². The molecule has 2 amide bonds. The first-order valence-electron chi connectivity index (χ1n) is 4.37. The van der Waals surface area contributed by atoms with E-state index < -0.39 is 22.4 Å². The summed E-state index contributed by atoms with van der Waals surface area (Å²) in [5.74, 6) is 0. The lowest BCUT2D eigenvalue weighted by molar-refractivity contribution is -0.144. The molecule has 0 aliphatic heterocycles. The molecule has 4 N–H and O–H groups in total. The van der Waals surface area contributed by atoms with Crippen molar-refractivity contribution in [3.05, 3.63) is 24.3 Å². The van der Waals surface area contributed by atoms with Gasteiger partial charge in [-0.15, -0.1) is 0 Å². The van der Waals surface area contributed by atoms with Crippen LogP contribution in [-0.4, -0.2) is 20.7 Å². The minimum Gasteiger partial charge on any atom is -0.308 e. The Balaban J connectivity index is 2.73. The van der Waals surface area contributed by atoms with Gasteiger partial charge in [-0.25, -0.2) is 23.7 Å². The average molecular weight is 283 g/mol. The fraction of sp³-hybridized carbons (Fsp3) is 0.125. The van der Waals surface area contributed by atoms with Crippen LogP contribution in [0.3, 0.4) is 0 Å². The Morgan fingerprint density at radius 3 is 2.06 bits per heavy atom. The fourth-order valence-electron chi connectivity index (χ4n) is 1.02. The molecule has 0 aliphatic rings. The molecule has 18 heavy (non-hydrogen) atoms. The molecule has 0 atom stereocenters. The maximum absolute atomic E-state index is 11.8. The van der Waals surface area contributed by atoms with Crippen LogP contribution < -0.4 is 15.8 Å². The van der Waals surface area contributed by atoms with E-state index in [1.807, 2.05) is 5.32 Å². The second-order valence-corrected chi connectivity index (χ2v) is 4.71. The highest BCUT2D eigenvalue weighted by Crippen LogP contribution is 2.14. The number of alkyl halides is 3. The van der Waals surface area contributed by atoms with Crippen molar-refractivity contribution in [1.29, 1.82) is 0 Å². The number of carbonyl (C=O) groups is 1. The lowest BCUT2D eigenvalue weighted by Crippen LogP contribution is -2.40. The largest absolute Gasteiger partial charge is 0.485 e. The molecule has 0 spiro atoms. The summed E-state index contributed by atoms with van der Waals surface area (Å²) in [7, 11) is -3.89. The van der Waals surface area contributed by atoms with Crippen molar-refractivity contribution in [2.75, 3.05) is 5.32 Å². The van der Waals surface area contributed by atoms with E-state index in [1.54, 1.807) is 0 Å². The van der Waals surface area contributed by atoms with E-state index in [9.17, 15) is 26.4 Å². The van der Waals surface area contributed by atoms with Gasteiger partial charge in [0.2, 0.25) is 10.0 Å². The van der Waals surface area contributed by atoms with Crippen LogP contribution >= 0.6 is 0 Å². The van der Waals surface area contributed by atoms with E-state index in [2.05, 4.69) is 0 Å². The number of carbonyl (C=O) groups excluding carboxylic acids is 1. The molecular formula is C8H8F3N3O3S. The number of halogens is 3. The third-order valence-corrected chi connectivity index (χ3v) is 2.63. The number of anilines is 1. The maximum atomic E-state index is 11.8.